The summed E-state index contributed by atoms with van der Waals surface area (Å²) in [6.45, 7) is 4.98. The second kappa shape index (κ2) is 4.25. The summed E-state index contributed by atoms with van der Waals surface area (Å²) in [6.07, 6.45) is 1.09. The Balaban J connectivity index is 2.65. The maximum Gasteiger partial charge on any atom is 0.201 e. The first-order valence-corrected chi connectivity index (χ1v) is 5.40. The van der Waals surface area contributed by atoms with Gasteiger partial charge in [0, 0.05) is 5.41 Å². The lowest BCUT2D eigenvalue weighted by atomic mass is 10.1. The van der Waals surface area contributed by atoms with E-state index < -0.39 is 11.9 Å². The van der Waals surface area contributed by atoms with Crippen molar-refractivity contribution in [1.29, 1.82) is 0 Å². The maximum absolute atomic E-state index is 9.26. The first kappa shape index (κ1) is 11.4. The summed E-state index contributed by atoms with van der Waals surface area (Å²) in [4.78, 5) is 0. The normalized spacial score (nSPS) is 25.9. The molecule has 0 aliphatic carbocycles. The van der Waals surface area contributed by atoms with Crippen LogP contribution in [0.1, 0.15) is 6.92 Å². The van der Waals surface area contributed by atoms with Crippen LogP contribution in [0.3, 0.4) is 0 Å². The lowest BCUT2D eigenvalue weighted by molar-refractivity contribution is -0.235. The van der Waals surface area contributed by atoms with E-state index in [0.717, 1.165) is 0 Å². The van der Waals surface area contributed by atoms with Gasteiger partial charge >= 0.3 is 0 Å². The number of ether oxygens (including phenoxy) is 2. The van der Waals surface area contributed by atoms with Gasteiger partial charge in [0.05, 0.1) is 0 Å². The lowest BCUT2D eigenvalue weighted by Gasteiger charge is -2.33. The Morgan fingerprint density at radius 2 is 2.29 bits per heavy atom. The van der Waals surface area contributed by atoms with Crippen LogP contribution in [-0.2, 0) is 9.47 Å². The molecule has 0 bridgehead atoms. The predicted molar refractivity (Wildman–Crippen MR) is 54.4 cm³/mol. The van der Waals surface area contributed by atoms with E-state index in [1.54, 1.807) is 5.41 Å². The van der Waals surface area contributed by atoms with Crippen molar-refractivity contribution in [1.82, 2.24) is 0 Å². The van der Waals surface area contributed by atoms with Gasteiger partial charge in [0.15, 0.2) is 17.6 Å². The van der Waals surface area contributed by atoms with Gasteiger partial charge in [0.25, 0.3) is 0 Å². The molecule has 1 saturated heterocycles. The smallest absolute Gasteiger partial charge is 0.201 e. The Hall–Kier alpha value is -0.650. The van der Waals surface area contributed by atoms with Crippen LogP contribution in [0.15, 0.2) is 23.5 Å². The van der Waals surface area contributed by atoms with Crippen LogP contribution in [0.25, 0.3) is 0 Å². The molecule has 1 rings (SSSR count). The molecule has 0 aromatic carbocycles. The summed E-state index contributed by atoms with van der Waals surface area (Å²) < 4.78 is 10.5. The van der Waals surface area contributed by atoms with Gasteiger partial charge in [-0.3, -0.25) is 0 Å². The van der Waals surface area contributed by atoms with E-state index in [1.165, 1.54) is 18.7 Å². The van der Waals surface area contributed by atoms with E-state index in [4.69, 9.17) is 9.47 Å². The first-order chi connectivity index (χ1) is 6.45. The summed E-state index contributed by atoms with van der Waals surface area (Å²) in [5.41, 5.74) is 0. The average molecular weight is 218 g/mol. The topological polar surface area (TPSA) is 58.9 Å². The van der Waals surface area contributed by atoms with Crippen molar-refractivity contribution in [2.45, 2.75) is 18.8 Å². The second-order valence-corrected chi connectivity index (χ2v) is 3.86. The molecule has 1 fully saturated rings. The van der Waals surface area contributed by atoms with Crippen molar-refractivity contribution in [2.24, 2.45) is 0 Å². The minimum Gasteiger partial charge on any atom is -0.485 e. The van der Waals surface area contributed by atoms with E-state index in [2.05, 4.69) is 6.58 Å². The fourth-order valence-corrected chi connectivity index (χ4v) is 1.40. The molecule has 4 nitrogen and oxygen atoms in total. The highest BCUT2D eigenvalue weighted by atomic mass is 32.2. The molecule has 1 aliphatic heterocycles. The molecule has 2 N–H and O–H groups in total. The molecule has 1 heterocycles. The molecular weight excluding hydrogens is 204 g/mol. The first-order valence-electron chi connectivity index (χ1n) is 4.11. The molecule has 0 saturated carbocycles. The molecule has 1 aliphatic rings. The third-order valence-electron chi connectivity index (χ3n) is 1.78. The van der Waals surface area contributed by atoms with Gasteiger partial charge in [-0.05, 0) is 13.2 Å². The van der Waals surface area contributed by atoms with Gasteiger partial charge in [-0.15, -0.1) is 11.8 Å². The van der Waals surface area contributed by atoms with Crippen LogP contribution in [0.5, 0.6) is 0 Å². The number of rotatable bonds is 2. The van der Waals surface area contributed by atoms with Crippen LogP contribution in [-0.4, -0.2) is 35.0 Å². The van der Waals surface area contributed by atoms with Gasteiger partial charge in [-0.1, -0.05) is 6.58 Å². The van der Waals surface area contributed by atoms with E-state index in [9.17, 15) is 10.2 Å². The van der Waals surface area contributed by atoms with Crippen LogP contribution >= 0.6 is 11.8 Å². The fourth-order valence-electron chi connectivity index (χ4n) is 0.986. The Labute approximate surface area is 87.2 Å². The highest BCUT2D eigenvalue weighted by Gasteiger charge is 2.36. The quantitative estimate of drug-likeness (QED) is 0.672. The zero-order valence-electron chi connectivity index (χ0n) is 8.19. The van der Waals surface area contributed by atoms with Gasteiger partial charge < -0.3 is 19.7 Å². The van der Waals surface area contributed by atoms with Crippen molar-refractivity contribution >= 4 is 11.8 Å². The van der Waals surface area contributed by atoms with E-state index in [0.29, 0.717) is 11.5 Å². The number of thioether (sulfide) groups is 1. The Bertz CT molecular complexity index is 254. The molecule has 5 heteroatoms. The van der Waals surface area contributed by atoms with Gasteiger partial charge in [-0.25, -0.2) is 0 Å². The lowest BCUT2D eigenvalue weighted by Crippen LogP contribution is -2.45. The van der Waals surface area contributed by atoms with Crippen molar-refractivity contribution in [3.63, 3.8) is 0 Å². The summed E-state index contributed by atoms with van der Waals surface area (Å²) in [7, 11) is 0. The standard InChI is InChI=1S/C9H14O4S/c1-6-7(5-14-3)12-4-8(13-6)9(2,10)11/h5,8,10-11H,1,4H2,2-3H3/b7-5+. The Kier molecular flexibility index (Phi) is 3.47. The average Bonchev–Trinajstić information content (AvgIpc) is 2.07. The molecule has 0 amide bonds. The molecule has 1 atom stereocenters. The molecule has 0 spiro atoms. The Morgan fingerprint density at radius 3 is 2.71 bits per heavy atom. The van der Waals surface area contributed by atoms with Gasteiger partial charge in [0.2, 0.25) is 5.79 Å². The SMILES string of the molecule is C=C1OC(C(C)(O)O)CO/C1=C/SC. The number of hydrogen-bond donors (Lipinski definition) is 2. The van der Waals surface area contributed by atoms with E-state index >= 15 is 0 Å². The van der Waals surface area contributed by atoms with Crippen LogP contribution in [0.4, 0.5) is 0 Å². The molecule has 0 aromatic rings. The van der Waals surface area contributed by atoms with Crippen LogP contribution in [0, 0.1) is 0 Å². The minimum absolute atomic E-state index is 0.106. The molecular formula is C9H14O4S. The number of aliphatic hydroxyl groups is 2. The highest BCUT2D eigenvalue weighted by Crippen LogP contribution is 2.26. The van der Waals surface area contributed by atoms with Gasteiger partial charge in [-0.2, -0.15) is 0 Å². The Morgan fingerprint density at radius 1 is 1.64 bits per heavy atom. The number of hydrogen-bond acceptors (Lipinski definition) is 5. The van der Waals surface area contributed by atoms with Crippen molar-refractivity contribution < 1.29 is 19.7 Å². The second-order valence-electron chi connectivity index (χ2n) is 3.15. The van der Waals surface area contributed by atoms with Crippen molar-refractivity contribution in [2.75, 3.05) is 12.9 Å². The summed E-state index contributed by atoms with van der Waals surface area (Å²) in [6, 6.07) is 0. The third-order valence-corrected chi connectivity index (χ3v) is 2.23. The van der Waals surface area contributed by atoms with E-state index in [1.807, 2.05) is 6.26 Å². The fraction of sp³-hybridized carbons (Fsp3) is 0.556. The molecule has 80 valence electrons. The summed E-state index contributed by atoms with van der Waals surface area (Å²) >= 11 is 1.47. The zero-order chi connectivity index (χ0) is 10.8. The molecule has 14 heavy (non-hydrogen) atoms. The largest absolute Gasteiger partial charge is 0.485 e. The minimum atomic E-state index is -1.91. The zero-order valence-corrected chi connectivity index (χ0v) is 9.00. The molecule has 1 unspecified atom stereocenters. The van der Waals surface area contributed by atoms with Crippen molar-refractivity contribution in [3.05, 3.63) is 23.5 Å². The van der Waals surface area contributed by atoms with Gasteiger partial charge in [0.1, 0.15) is 6.61 Å². The van der Waals surface area contributed by atoms with E-state index in [-0.39, 0.29) is 6.61 Å². The molecule has 0 radical (unpaired) electrons. The maximum atomic E-state index is 9.26. The molecule has 0 aromatic heterocycles. The van der Waals surface area contributed by atoms with Crippen LogP contribution < -0.4 is 0 Å². The van der Waals surface area contributed by atoms with Crippen molar-refractivity contribution in [3.8, 4) is 0 Å². The monoisotopic (exact) mass is 218 g/mol. The third kappa shape index (κ3) is 2.67. The highest BCUT2D eigenvalue weighted by molar-refractivity contribution is 8.01. The summed E-state index contributed by atoms with van der Waals surface area (Å²) in [5, 5.41) is 20.3. The summed E-state index contributed by atoms with van der Waals surface area (Å²) in [5.74, 6) is -1.05. The van der Waals surface area contributed by atoms with Crippen LogP contribution in [0.2, 0.25) is 0 Å². The predicted octanol–water partition coefficient (Wildman–Crippen LogP) is 0.821.